The molecule has 1 heterocycles. The van der Waals surface area contributed by atoms with Gasteiger partial charge in [-0.05, 0) is 24.1 Å². The third kappa shape index (κ3) is 8.33. The Morgan fingerprint density at radius 3 is 2.09 bits per heavy atom. The van der Waals surface area contributed by atoms with Crippen LogP contribution < -0.4 is 0 Å². The maximum atomic E-state index is 11.5. The Labute approximate surface area is 207 Å². The molecule has 0 fully saturated rings. The number of aryl methyl sites for hydroxylation is 1. The summed E-state index contributed by atoms with van der Waals surface area (Å²) in [5, 5.41) is 10.7. The molecule has 1 N–H and O–H groups in total. The number of pyridine rings is 1. The van der Waals surface area contributed by atoms with E-state index in [9.17, 15) is 9.90 Å². The Hall–Kier alpha value is -2.29. The number of ketones is 1. The second-order valence-corrected chi connectivity index (χ2v) is 9.52. The van der Waals surface area contributed by atoms with E-state index in [-0.39, 0.29) is 44.5 Å². The summed E-state index contributed by atoms with van der Waals surface area (Å²) in [5.74, 6) is 0.104. The van der Waals surface area contributed by atoms with Crippen LogP contribution in [0, 0.1) is 23.8 Å². The van der Waals surface area contributed by atoms with Crippen LogP contribution in [0.15, 0.2) is 66.4 Å². The number of para-hydroxylation sites is 1. The van der Waals surface area contributed by atoms with Gasteiger partial charge in [0, 0.05) is 37.0 Å². The number of aliphatic hydroxyl groups is 1. The van der Waals surface area contributed by atoms with E-state index < -0.39 is 5.41 Å². The first-order chi connectivity index (χ1) is 13.9. The van der Waals surface area contributed by atoms with Crippen LogP contribution >= 0.6 is 0 Å². The number of aromatic nitrogens is 1. The van der Waals surface area contributed by atoms with Gasteiger partial charge in [-0.25, -0.2) is 0 Å². The van der Waals surface area contributed by atoms with Crippen LogP contribution in [0.2, 0.25) is 0 Å². The van der Waals surface area contributed by atoms with Gasteiger partial charge in [-0.1, -0.05) is 78.8 Å². The summed E-state index contributed by atoms with van der Waals surface area (Å²) >= 11 is 0. The van der Waals surface area contributed by atoms with E-state index in [1.165, 1.54) is 17.0 Å². The molecule has 4 heteroatoms. The molecule has 0 bridgehead atoms. The molecule has 0 saturated heterocycles. The number of aliphatic hydroxyl groups excluding tert-OH is 1. The normalized spacial score (nSPS) is 11.5. The van der Waals surface area contributed by atoms with Crippen molar-refractivity contribution in [3.63, 3.8) is 0 Å². The van der Waals surface area contributed by atoms with E-state index in [0.717, 1.165) is 16.8 Å². The van der Waals surface area contributed by atoms with Crippen molar-refractivity contribution in [2.45, 2.75) is 55.9 Å². The molecule has 1 radical (unpaired) electrons. The maximum absolute atomic E-state index is 11.5. The summed E-state index contributed by atoms with van der Waals surface area (Å²) in [4.78, 5) is 16.2. The van der Waals surface area contributed by atoms with Gasteiger partial charge in [0.15, 0.2) is 5.78 Å². The zero-order valence-electron chi connectivity index (χ0n) is 19.4. The molecule has 0 amide bonds. The first-order valence-corrected chi connectivity index (χ1v) is 10.2. The van der Waals surface area contributed by atoms with Crippen LogP contribution in [-0.4, -0.2) is 15.9 Å². The van der Waals surface area contributed by atoms with Gasteiger partial charge in [0.1, 0.15) is 5.76 Å². The SMILES string of the molecule is C.CC(C)(C)C(=O)C=C(O)C(C)(C)C.Cc1cc2ccccc2nc1-c1[c-]cccc1.[Ir]. The summed E-state index contributed by atoms with van der Waals surface area (Å²) in [6.07, 6.45) is 1.33. The van der Waals surface area contributed by atoms with Crippen molar-refractivity contribution in [3.8, 4) is 11.3 Å². The number of carbonyl (C=O) groups excluding carboxylic acids is 1. The monoisotopic (exact) mass is 611 g/mol. The van der Waals surface area contributed by atoms with Crippen LogP contribution in [0.1, 0.15) is 54.5 Å². The van der Waals surface area contributed by atoms with E-state index in [0.29, 0.717) is 0 Å². The minimum Gasteiger partial charge on any atom is -0.512 e. The topological polar surface area (TPSA) is 50.2 Å². The van der Waals surface area contributed by atoms with Crippen molar-refractivity contribution < 1.29 is 30.0 Å². The van der Waals surface area contributed by atoms with E-state index in [1.54, 1.807) is 0 Å². The molecule has 0 aliphatic rings. The van der Waals surface area contributed by atoms with Crippen molar-refractivity contribution >= 4 is 16.7 Å². The van der Waals surface area contributed by atoms with Crippen molar-refractivity contribution in [1.82, 2.24) is 4.98 Å². The summed E-state index contributed by atoms with van der Waals surface area (Å²) in [6, 6.07) is 21.6. The molecule has 3 nitrogen and oxygen atoms in total. The summed E-state index contributed by atoms with van der Waals surface area (Å²) in [6.45, 7) is 13.2. The molecule has 1 aromatic heterocycles. The first-order valence-electron chi connectivity index (χ1n) is 10.2. The second-order valence-electron chi connectivity index (χ2n) is 9.52. The molecule has 0 spiro atoms. The quantitative estimate of drug-likeness (QED) is 0.184. The number of hydrogen-bond donors (Lipinski definition) is 1. The summed E-state index contributed by atoms with van der Waals surface area (Å²) < 4.78 is 0. The molecular formula is C28H36IrNO2-. The molecule has 3 rings (SSSR count). The van der Waals surface area contributed by atoms with Gasteiger partial charge < -0.3 is 5.11 Å². The zero-order valence-corrected chi connectivity index (χ0v) is 21.8. The molecule has 0 unspecified atom stereocenters. The molecule has 0 atom stereocenters. The largest absolute Gasteiger partial charge is 0.512 e. The minimum absolute atomic E-state index is 0. The van der Waals surface area contributed by atoms with Crippen molar-refractivity contribution in [2.75, 3.05) is 0 Å². The summed E-state index contributed by atoms with van der Waals surface area (Å²) in [5.41, 5.74) is 3.52. The molecule has 0 aliphatic heterocycles. The maximum Gasteiger partial charge on any atom is 0.164 e. The van der Waals surface area contributed by atoms with E-state index in [4.69, 9.17) is 4.98 Å². The fraction of sp³-hybridized carbons (Fsp3) is 0.357. The Bertz CT molecular complexity index is 1040. The van der Waals surface area contributed by atoms with Gasteiger partial charge in [-0.15, -0.1) is 35.9 Å². The zero-order chi connectivity index (χ0) is 22.5. The fourth-order valence-electron chi connectivity index (χ4n) is 2.59. The standard InChI is InChI=1S/C16H12N.C11H20O2.CH4.Ir/c1-12-11-14-9-5-6-10-15(14)17-16(12)13-7-3-2-4-8-13;1-10(2,3)8(12)7-9(13)11(4,5)6;;/h2-7,9-11H,1H3;7,12H,1-6H3;1H4;/q-1;;;. The number of fused-ring (bicyclic) bond motifs is 1. The predicted octanol–water partition coefficient (Wildman–Crippen LogP) is 7.73. The summed E-state index contributed by atoms with van der Waals surface area (Å²) in [7, 11) is 0. The molecule has 0 saturated carbocycles. The van der Waals surface area contributed by atoms with Gasteiger partial charge in [0.2, 0.25) is 0 Å². The van der Waals surface area contributed by atoms with Crippen LogP contribution in [0.5, 0.6) is 0 Å². The molecule has 32 heavy (non-hydrogen) atoms. The number of nitrogens with zero attached hydrogens (tertiary/aromatic N) is 1. The Balaban J connectivity index is 0.000000588. The Kier molecular flexibility index (Phi) is 11.2. The Morgan fingerprint density at radius 2 is 1.56 bits per heavy atom. The second kappa shape index (κ2) is 12.1. The molecular weight excluding hydrogens is 575 g/mol. The number of allylic oxidation sites excluding steroid dienone is 2. The third-order valence-electron chi connectivity index (χ3n) is 4.65. The van der Waals surface area contributed by atoms with Gasteiger partial charge in [0.25, 0.3) is 0 Å². The van der Waals surface area contributed by atoms with E-state index >= 15 is 0 Å². The van der Waals surface area contributed by atoms with Gasteiger partial charge in [-0.2, -0.15) is 0 Å². The van der Waals surface area contributed by atoms with E-state index in [1.807, 2.05) is 84.0 Å². The van der Waals surface area contributed by atoms with Crippen LogP contribution in [0.25, 0.3) is 22.2 Å². The number of benzene rings is 2. The molecule has 3 aromatic rings. The van der Waals surface area contributed by atoms with Gasteiger partial charge >= 0.3 is 0 Å². The number of carbonyl (C=O) groups is 1. The fourth-order valence-corrected chi connectivity index (χ4v) is 2.59. The average Bonchev–Trinajstić information content (AvgIpc) is 2.67. The smallest absolute Gasteiger partial charge is 0.164 e. The van der Waals surface area contributed by atoms with Crippen LogP contribution in [0.4, 0.5) is 0 Å². The van der Waals surface area contributed by atoms with Gasteiger partial charge in [-0.3, -0.25) is 9.78 Å². The molecule has 0 aliphatic carbocycles. The number of hydrogen-bond acceptors (Lipinski definition) is 3. The van der Waals surface area contributed by atoms with Crippen molar-refractivity contribution in [2.24, 2.45) is 10.8 Å². The minimum atomic E-state index is -0.417. The van der Waals surface area contributed by atoms with Gasteiger partial charge in [0.05, 0.1) is 5.52 Å². The van der Waals surface area contributed by atoms with Crippen LogP contribution in [0.3, 0.4) is 0 Å². The third-order valence-corrected chi connectivity index (χ3v) is 4.65. The number of rotatable bonds is 2. The van der Waals surface area contributed by atoms with Crippen LogP contribution in [-0.2, 0) is 24.9 Å². The Morgan fingerprint density at radius 1 is 0.969 bits per heavy atom. The van der Waals surface area contributed by atoms with Crippen molar-refractivity contribution in [1.29, 1.82) is 0 Å². The average molecular weight is 611 g/mol. The van der Waals surface area contributed by atoms with Crippen molar-refractivity contribution in [3.05, 3.63) is 78.1 Å². The molecule has 2 aromatic carbocycles. The first kappa shape index (κ1) is 29.7. The molecule has 175 valence electrons. The predicted molar refractivity (Wildman–Crippen MR) is 132 cm³/mol. The van der Waals surface area contributed by atoms with E-state index in [2.05, 4.69) is 25.1 Å².